The highest BCUT2D eigenvalue weighted by atomic mass is 35.5. The highest BCUT2D eigenvalue weighted by Gasteiger charge is 2.14. The van der Waals surface area contributed by atoms with Gasteiger partial charge in [0.15, 0.2) is 0 Å². The van der Waals surface area contributed by atoms with Gasteiger partial charge in [0.2, 0.25) is 0 Å². The Bertz CT molecular complexity index is 649. The Labute approximate surface area is 123 Å². The third-order valence-corrected chi connectivity index (χ3v) is 3.09. The van der Waals surface area contributed by atoms with Gasteiger partial charge in [-0.1, -0.05) is 34.8 Å². The minimum absolute atomic E-state index is 0.0855. The molecule has 0 saturated heterocycles. The molecular weight excluding hydrogens is 314 g/mol. The van der Waals surface area contributed by atoms with E-state index in [0.717, 1.165) is 12.3 Å². The smallest absolute Gasteiger partial charge is 0.258 e. The van der Waals surface area contributed by atoms with Crippen molar-refractivity contribution in [3.8, 4) is 0 Å². The van der Waals surface area contributed by atoms with Crippen molar-refractivity contribution < 1.29 is 9.18 Å². The van der Waals surface area contributed by atoms with Gasteiger partial charge in [0.05, 0.1) is 22.5 Å². The molecule has 1 aromatic heterocycles. The van der Waals surface area contributed by atoms with Crippen molar-refractivity contribution >= 4 is 46.4 Å². The number of pyridine rings is 1. The van der Waals surface area contributed by atoms with E-state index in [1.54, 1.807) is 6.07 Å². The Hall–Kier alpha value is -1.36. The third-order valence-electron chi connectivity index (χ3n) is 2.23. The van der Waals surface area contributed by atoms with E-state index in [2.05, 4.69) is 10.3 Å². The molecule has 7 heteroatoms. The zero-order valence-corrected chi connectivity index (χ0v) is 11.5. The Morgan fingerprint density at radius 1 is 1.21 bits per heavy atom. The second-order valence-corrected chi connectivity index (χ2v) is 4.77. The van der Waals surface area contributed by atoms with Crippen LogP contribution >= 0.6 is 34.8 Å². The van der Waals surface area contributed by atoms with Crippen LogP contribution in [-0.2, 0) is 0 Å². The van der Waals surface area contributed by atoms with Gasteiger partial charge < -0.3 is 5.32 Å². The molecule has 1 heterocycles. The molecule has 0 fully saturated rings. The van der Waals surface area contributed by atoms with E-state index < -0.39 is 11.7 Å². The molecule has 1 N–H and O–H groups in total. The molecule has 0 unspecified atom stereocenters. The maximum absolute atomic E-state index is 13.0. The van der Waals surface area contributed by atoms with Crippen LogP contribution in [0.3, 0.4) is 0 Å². The zero-order chi connectivity index (χ0) is 14.0. The van der Waals surface area contributed by atoms with Crippen molar-refractivity contribution in [2.45, 2.75) is 0 Å². The van der Waals surface area contributed by atoms with Gasteiger partial charge in [-0.05, 0) is 24.3 Å². The largest absolute Gasteiger partial charge is 0.320 e. The second kappa shape index (κ2) is 5.74. The maximum atomic E-state index is 13.0. The van der Waals surface area contributed by atoms with Crippen LogP contribution < -0.4 is 5.32 Å². The first-order valence-electron chi connectivity index (χ1n) is 5.05. The van der Waals surface area contributed by atoms with Gasteiger partial charge in [-0.25, -0.2) is 9.37 Å². The molecule has 1 amide bonds. The standard InChI is InChI=1S/C12H6Cl3FN2O/c13-6-1-2-9(14)10(3-6)18-12(19)8-4-7(16)5-17-11(8)15/h1-5H,(H,18,19). The highest BCUT2D eigenvalue weighted by Crippen LogP contribution is 2.26. The van der Waals surface area contributed by atoms with Crippen LogP contribution in [0.2, 0.25) is 15.2 Å². The number of amides is 1. The summed E-state index contributed by atoms with van der Waals surface area (Å²) in [6.07, 6.45) is 0.922. The van der Waals surface area contributed by atoms with E-state index in [0.29, 0.717) is 15.7 Å². The van der Waals surface area contributed by atoms with Gasteiger partial charge in [0.25, 0.3) is 5.91 Å². The molecule has 1 aromatic carbocycles. The van der Waals surface area contributed by atoms with E-state index in [1.165, 1.54) is 12.1 Å². The Morgan fingerprint density at radius 2 is 1.95 bits per heavy atom. The zero-order valence-electron chi connectivity index (χ0n) is 9.25. The second-order valence-electron chi connectivity index (χ2n) is 3.57. The van der Waals surface area contributed by atoms with E-state index in [9.17, 15) is 9.18 Å². The average molecular weight is 320 g/mol. The number of halogens is 4. The molecule has 0 aliphatic rings. The normalized spacial score (nSPS) is 10.3. The Balaban J connectivity index is 2.30. The van der Waals surface area contributed by atoms with E-state index in [-0.39, 0.29) is 10.7 Å². The lowest BCUT2D eigenvalue weighted by Gasteiger charge is -2.08. The summed E-state index contributed by atoms with van der Waals surface area (Å²) in [5, 5.41) is 3.10. The van der Waals surface area contributed by atoms with Gasteiger partial charge in [-0.15, -0.1) is 0 Å². The van der Waals surface area contributed by atoms with Crippen LogP contribution in [0.5, 0.6) is 0 Å². The van der Waals surface area contributed by atoms with Crippen molar-refractivity contribution in [1.82, 2.24) is 4.98 Å². The summed E-state index contributed by atoms with van der Waals surface area (Å²) in [6.45, 7) is 0. The highest BCUT2D eigenvalue weighted by molar-refractivity contribution is 6.36. The fourth-order valence-corrected chi connectivity index (χ4v) is 1.89. The lowest BCUT2D eigenvalue weighted by atomic mass is 10.2. The number of anilines is 1. The van der Waals surface area contributed by atoms with Gasteiger partial charge >= 0.3 is 0 Å². The monoisotopic (exact) mass is 318 g/mol. The number of hydrogen-bond acceptors (Lipinski definition) is 2. The molecule has 3 nitrogen and oxygen atoms in total. The van der Waals surface area contributed by atoms with E-state index in [4.69, 9.17) is 34.8 Å². The third kappa shape index (κ3) is 3.35. The predicted molar refractivity (Wildman–Crippen MR) is 73.6 cm³/mol. The molecule has 0 aliphatic carbocycles. The SMILES string of the molecule is O=C(Nc1cc(Cl)ccc1Cl)c1cc(F)cnc1Cl. The van der Waals surface area contributed by atoms with Gasteiger partial charge in [-0.2, -0.15) is 0 Å². The van der Waals surface area contributed by atoms with Crippen molar-refractivity contribution in [2.75, 3.05) is 5.32 Å². The predicted octanol–water partition coefficient (Wildman–Crippen LogP) is 4.43. The molecule has 0 aliphatic heterocycles. The number of carbonyl (C=O) groups is 1. The molecule has 2 aromatic rings. The van der Waals surface area contributed by atoms with Gasteiger partial charge in [0.1, 0.15) is 11.0 Å². The first-order chi connectivity index (χ1) is 8.97. The van der Waals surface area contributed by atoms with Crippen molar-refractivity contribution in [3.63, 3.8) is 0 Å². The summed E-state index contributed by atoms with van der Waals surface area (Å²) in [6, 6.07) is 5.58. The minimum Gasteiger partial charge on any atom is -0.320 e. The molecule has 0 spiro atoms. The molecule has 0 bridgehead atoms. The van der Waals surface area contributed by atoms with Crippen LogP contribution in [-0.4, -0.2) is 10.9 Å². The van der Waals surface area contributed by atoms with Gasteiger partial charge in [0, 0.05) is 5.02 Å². The number of rotatable bonds is 2. The quantitative estimate of drug-likeness (QED) is 0.832. The van der Waals surface area contributed by atoms with Crippen LogP contribution in [0.25, 0.3) is 0 Å². The summed E-state index contributed by atoms with van der Waals surface area (Å²) in [7, 11) is 0. The summed E-state index contributed by atoms with van der Waals surface area (Å²) in [4.78, 5) is 15.5. The van der Waals surface area contributed by atoms with Gasteiger partial charge in [-0.3, -0.25) is 4.79 Å². The lowest BCUT2D eigenvalue weighted by Crippen LogP contribution is -2.13. The topological polar surface area (TPSA) is 42.0 Å². The molecule has 0 saturated carbocycles. The summed E-state index contributed by atoms with van der Waals surface area (Å²) in [5.74, 6) is -1.28. The van der Waals surface area contributed by atoms with Crippen LogP contribution in [0.15, 0.2) is 30.5 Å². The fraction of sp³-hybridized carbons (Fsp3) is 0. The van der Waals surface area contributed by atoms with Crippen LogP contribution in [0, 0.1) is 5.82 Å². The van der Waals surface area contributed by atoms with Crippen molar-refractivity contribution in [3.05, 3.63) is 57.0 Å². The maximum Gasteiger partial charge on any atom is 0.258 e. The number of benzene rings is 1. The molecule has 98 valence electrons. The van der Waals surface area contributed by atoms with E-state index >= 15 is 0 Å². The van der Waals surface area contributed by atoms with Crippen LogP contribution in [0.1, 0.15) is 10.4 Å². The van der Waals surface area contributed by atoms with Crippen LogP contribution in [0.4, 0.5) is 10.1 Å². The molecule has 19 heavy (non-hydrogen) atoms. The Morgan fingerprint density at radius 3 is 2.68 bits per heavy atom. The number of nitrogens with one attached hydrogen (secondary N) is 1. The number of carbonyl (C=O) groups excluding carboxylic acids is 1. The minimum atomic E-state index is -0.660. The number of nitrogens with zero attached hydrogens (tertiary/aromatic N) is 1. The summed E-state index contributed by atoms with van der Waals surface area (Å²) < 4.78 is 13.0. The Kier molecular flexibility index (Phi) is 4.24. The van der Waals surface area contributed by atoms with E-state index in [1.807, 2.05) is 0 Å². The first-order valence-corrected chi connectivity index (χ1v) is 6.18. The first kappa shape index (κ1) is 14.1. The number of hydrogen-bond donors (Lipinski definition) is 1. The molecular formula is C12H6Cl3FN2O. The van der Waals surface area contributed by atoms with Crippen molar-refractivity contribution in [2.24, 2.45) is 0 Å². The summed E-state index contributed by atoms with van der Waals surface area (Å²) in [5.41, 5.74) is 0.220. The molecule has 0 atom stereocenters. The summed E-state index contributed by atoms with van der Waals surface area (Å²) >= 11 is 17.4. The molecule has 0 radical (unpaired) electrons. The van der Waals surface area contributed by atoms with Crippen molar-refractivity contribution in [1.29, 1.82) is 0 Å². The lowest BCUT2D eigenvalue weighted by molar-refractivity contribution is 0.102. The average Bonchev–Trinajstić information content (AvgIpc) is 2.36. The molecule has 2 rings (SSSR count). The fourth-order valence-electron chi connectivity index (χ4n) is 1.36. The number of aromatic nitrogens is 1.